The van der Waals surface area contributed by atoms with Crippen molar-refractivity contribution in [2.24, 2.45) is 0 Å². The predicted molar refractivity (Wildman–Crippen MR) is 50.3 cm³/mol. The molecule has 0 saturated heterocycles. The number of nitrogens with zero attached hydrogens (tertiary/aromatic N) is 1. The van der Waals surface area contributed by atoms with E-state index in [9.17, 15) is 4.79 Å². The van der Waals surface area contributed by atoms with E-state index < -0.39 is 0 Å². The minimum Gasteiger partial charge on any atom is -0.508 e. The van der Waals surface area contributed by atoms with Crippen molar-refractivity contribution in [1.29, 1.82) is 0 Å². The van der Waals surface area contributed by atoms with Crippen molar-refractivity contribution in [1.82, 2.24) is 4.90 Å². The van der Waals surface area contributed by atoms with E-state index in [-0.39, 0.29) is 5.75 Å². The van der Waals surface area contributed by atoms with Crippen LogP contribution >= 0.6 is 0 Å². The molecule has 0 aromatic heterocycles. The fraction of sp³-hybridized carbons (Fsp3) is 0.300. The molecule has 0 aliphatic heterocycles. The summed E-state index contributed by atoms with van der Waals surface area (Å²) in [5.74, 6) is 0.248. The number of aromatic hydroxyl groups is 1. The van der Waals surface area contributed by atoms with Crippen LogP contribution in [0.4, 0.5) is 0 Å². The summed E-state index contributed by atoms with van der Waals surface area (Å²) < 4.78 is 0. The van der Waals surface area contributed by atoms with Gasteiger partial charge in [-0.1, -0.05) is 12.1 Å². The second-order valence-electron chi connectivity index (χ2n) is 2.83. The molecule has 1 amide bonds. The number of phenols is 1. The molecule has 0 radical (unpaired) electrons. The Balaban J connectivity index is 2.63. The molecule has 0 saturated carbocycles. The monoisotopic (exact) mass is 179 g/mol. The molecule has 3 heteroatoms. The lowest BCUT2D eigenvalue weighted by atomic mass is 10.2. The lowest BCUT2D eigenvalue weighted by Crippen LogP contribution is -2.20. The van der Waals surface area contributed by atoms with E-state index in [0.717, 1.165) is 12.0 Å². The van der Waals surface area contributed by atoms with Gasteiger partial charge >= 0.3 is 0 Å². The number of rotatable bonds is 4. The van der Waals surface area contributed by atoms with Crippen molar-refractivity contribution in [3.63, 3.8) is 0 Å². The van der Waals surface area contributed by atoms with Crippen LogP contribution in [0.1, 0.15) is 12.5 Å². The Morgan fingerprint density at radius 2 is 2.00 bits per heavy atom. The Kier molecular flexibility index (Phi) is 3.31. The van der Waals surface area contributed by atoms with Gasteiger partial charge < -0.3 is 10.0 Å². The summed E-state index contributed by atoms with van der Waals surface area (Å²) in [5, 5.41) is 9.02. The van der Waals surface area contributed by atoms with Crippen LogP contribution in [-0.2, 0) is 11.3 Å². The molecule has 0 spiro atoms. The maximum Gasteiger partial charge on any atom is 0.209 e. The van der Waals surface area contributed by atoms with Crippen molar-refractivity contribution >= 4 is 6.41 Å². The number of amides is 1. The number of benzene rings is 1. The van der Waals surface area contributed by atoms with E-state index in [0.29, 0.717) is 13.1 Å². The first kappa shape index (κ1) is 9.58. The van der Waals surface area contributed by atoms with E-state index in [4.69, 9.17) is 5.11 Å². The van der Waals surface area contributed by atoms with Gasteiger partial charge in [0, 0.05) is 13.1 Å². The summed E-state index contributed by atoms with van der Waals surface area (Å²) in [5.41, 5.74) is 1.02. The first-order chi connectivity index (χ1) is 6.26. The molecular formula is C10H13NO2. The van der Waals surface area contributed by atoms with Crippen molar-refractivity contribution in [3.8, 4) is 5.75 Å². The number of carbonyl (C=O) groups is 1. The highest BCUT2D eigenvalue weighted by atomic mass is 16.3. The third-order valence-corrected chi connectivity index (χ3v) is 1.88. The average molecular weight is 179 g/mol. The molecule has 70 valence electrons. The molecule has 0 aliphatic rings. The van der Waals surface area contributed by atoms with Crippen molar-refractivity contribution in [3.05, 3.63) is 29.8 Å². The standard InChI is InChI=1S/C10H13NO2/c1-2-11(8-12)7-9-3-5-10(13)6-4-9/h3-6,8,13H,2,7H2,1H3. The lowest BCUT2D eigenvalue weighted by molar-refractivity contribution is -0.118. The maximum atomic E-state index is 10.5. The van der Waals surface area contributed by atoms with Crippen molar-refractivity contribution in [2.45, 2.75) is 13.5 Å². The van der Waals surface area contributed by atoms with Crippen LogP contribution in [-0.4, -0.2) is 23.0 Å². The van der Waals surface area contributed by atoms with Gasteiger partial charge in [-0.3, -0.25) is 4.79 Å². The van der Waals surface area contributed by atoms with E-state index >= 15 is 0 Å². The van der Waals surface area contributed by atoms with Crippen LogP contribution in [0.3, 0.4) is 0 Å². The van der Waals surface area contributed by atoms with Gasteiger partial charge in [0.15, 0.2) is 0 Å². The highest BCUT2D eigenvalue weighted by Gasteiger charge is 1.99. The summed E-state index contributed by atoms with van der Waals surface area (Å²) in [6.45, 7) is 3.22. The molecule has 0 heterocycles. The molecule has 1 N–H and O–H groups in total. The van der Waals surface area contributed by atoms with Gasteiger partial charge in [0.2, 0.25) is 6.41 Å². The molecule has 13 heavy (non-hydrogen) atoms. The number of carbonyl (C=O) groups excluding carboxylic acids is 1. The van der Waals surface area contributed by atoms with Crippen LogP contribution < -0.4 is 0 Å². The Morgan fingerprint density at radius 1 is 1.38 bits per heavy atom. The van der Waals surface area contributed by atoms with Crippen LogP contribution in [0, 0.1) is 0 Å². The molecule has 0 atom stereocenters. The summed E-state index contributed by atoms with van der Waals surface area (Å²) in [6, 6.07) is 6.85. The van der Waals surface area contributed by atoms with Gasteiger partial charge in [0.1, 0.15) is 5.75 Å². The zero-order valence-corrected chi connectivity index (χ0v) is 7.60. The number of phenolic OH excluding ortho intramolecular Hbond substituents is 1. The van der Waals surface area contributed by atoms with Crippen LogP contribution in [0.2, 0.25) is 0 Å². The van der Waals surface area contributed by atoms with Gasteiger partial charge in [-0.25, -0.2) is 0 Å². The lowest BCUT2D eigenvalue weighted by Gasteiger charge is -2.14. The molecule has 0 bridgehead atoms. The third kappa shape index (κ3) is 2.78. The minimum absolute atomic E-state index is 0.248. The SMILES string of the molecule is CCN(C=O)Cc1ccc(O)cc1. The fourth-order valence-corrected chi connectivity index (χ4v) is 1.06. The predicted octanol–water partition coefficient (Wildman–Crippen LogP) is 1.37. The Morgan fingerprint density at radius 3 is 2.46 bits per heavy atom. The normalized spacial score (nSPS) is 9.62. The zero-order chi connectivity index (χ0) is 9.68. The van der Waals surface area contributed by atoms with Gasteiger partial charge in [-0.05, 0) is 24.6 Å². The van der Waals surface area contributed by atoms with Gasteiger partial charge in [-0.15, -0.1) is 0 Å². The molecule has 3 nitrogen and oxygen atoms in total. The van der Waals surface area contributed by atoms with Gasteiger partial charge in [0.05, 0.1) is 0 Å². The maximum absolute atomic E-state index is 10.5. The van der Waals surface area contributed by atoms with E-state index in [2.05, 4.69) is 0 Å². The zero-order valence-electron chi connectivity index (χ0n) is 7.60. The van der Waals surface area contributed by atoms with Crippen LogP contribution in [0.25, 0.3) is 0 Å². The first-order valence-corrected chi connectivity index (χ1v) is 4.23. The third-order valence-electron chi connectivity index (χ3n) is 1.88. The minimum atomic E-state index is 0.248. The van der Waals surface area contributed by atoms with Gasteiger partial charge in [0.25, 0.3) is 0 Å². The van der Waals surface area contributed by atoms with Crippen LogP contribution in [0.15, 0.2) is 24.3 Å². The quantitative estimate of drug-likeness (QED) is 0.709. The second kappa shape index (κ2) is 4.50. The Bertz CT molecular complexity index is 269. The fourth-order valence-electron chi connectivity index (χ4n) is 1.06. The second-order valence-corrected chi connectivity index (χ2v) is 2.83. The summed E-state index contributed by atoms with van der Waals surface area (Å²) in [6.07, 6.45) is 0.826. The van der Waals surface area contributed by atoms with Gasteiger partial charge in [-0.2, -0.15) is 0 Å². The summed E-state index contributed by atoms with van der Waals surface area (Å²) in [4.78, 5) is 12.1. The molecule has 0 aliphatic carbocycles. The van der Waals surface area contributed by atoms with Crippen molar-refractivity contribution in [2.75, 3.05) is 6.54 Å². The Hall–Kier alpha value is -1.51. The van der Waals surface area contributed by atoms with Crippen molar-refractivity contribution < 1.29 is 9.90 Å². The smallest absolute Gasteiger partial charge is 0.209 e. The molecule has 0 unspecified atom stereocenters. The number of hydrogen-bond donors (Lipinski definition) is 1. The largest absolute Gasteiger partial charge is 0.508 e. The molecule has 0 fully saturated rings. The topological polar surface area (TPSA) is 40.5 Å². The van der Waals surface area contributed by atoms with E-state index in [1.165, 1.54) is 0 Å². The Labute approximate surface area is 77.6 Å². The van der Waals surface area contributed by atoms with E-state index in [1.54, 1.807) is 17.0 Å². The molecule has 1 rings (SSSR count). The highest BCUT2D eigenvalue weighted by molar-refractivity contribution is 5.47. The highest BCUT2D eigenvalue weighted by Crippen LogP contribution is 2.10. The van der Waals surface area contributed by atoms with Crippen LogP contribution in [0.5, 0.6) is 5.75 Å². The van der Waals surface area contributed by atoms with E-state index in [1.807, 2.05) is 19.1 Å². The molecule has 1 aromatic carbocycles. The summed E-state index contributed by atoms with van der Waals surface area (Å²) >= 11 is 0. The number of hydrogen-bond acceptors (Lipinski definition) is 2. The summed E-state index contributed by atoms with van der Waals surface area (Å²) in [7, 11) is 0. The molecule has 1 aromatic rings. The average Bonchev–Trinajstić information content (AvgIpc) is 2.17. The molecular weight excluding hydrogens is 166 g/mol. The first-order valence-electron chi connectivity index (χ1n) is 4.23.